The van der Waals surface area contributed by atoms with E-state index in [0.29, 0.717) is 11.4 Å². The van der Waals surface area contributed by atoms with Crippen molar-refractivity contribution in [3.8, 4) is 11.4 Å². The standard InChI is InChI=1S/C15H12ClN3O2/c1-2-21-15(20)11-13(18-19-14(11)16)12-10-6-4-3-5-9(10)7-8-17-12/h3-8H,2H2,1H3,(H,18,19). The maximum absolute atomic E-state index is 12.1. The number of carbonyl (C=O) groups is 1. The molecule has 0 aliphatic carbocycles. The Labute approximate surface area is 125 Å². The van der Waals surface area contributed by atoms with E-state index in [9.17, 15) is 4.79 Å². The first-order chi connectivity index (χ1) is 10.2. The highest BCUT2D eigenvalue weighted by atomic mass is 35.5. The van der Waals surface area contributed by atoms with Gasteiger partial charge in [-0.05, 0) is 18.4 Å². The quantitative estimate of drug-likeness (QED) is 0.752. The zero-order valence-corrected chi connectivity index (χ0v) is 12.0. The van der Waals surface area contributed by atoms with Gasteiger partial charge >= 0.3 is 5.97 Å². The van der Waals surface area contributed by atoms with Crippen molar-refractivity contribution in [2.45, 2.75) is 6.92 Å². The van der Waals surface area contributed by atoms with E-state index in [1.165, 1.54) is 0 Å². The van der Waals surface area contributed by atoms with E-state index < -0.39 is 5.97 Å². The Kier molecular flexibility index (Phi) is 3.58. The van der Waals surface area contributed by atoms with Gasteiger partial charge in [0.05, 0.1) is 12.3 Å². The van der Waals surface area contributed by atoms with Gasteiger partial charge in [-0.3, -0.25) is 10.1 Å². The lowest BCUT2D eigenvalue weighted by Crippen LogP contribution is -2.06. The Morgan fingerprint density at radius 2 is 2.10 bits per heavy atom. The average molecular weight is 302 g/mol. The summed E-state index contributed by atoms with van der Waals surface area (Å²) in [6.07, 6.45) is 1.68. The number of esters is 1. The van der Waals surface area contributed by atoms with E-state index in [-0.39, 0.29) is 17.3 Å². The lowest BCUT2D eigenvalue weighted by molar-refractivity contribution is 0.0527. The third-order valence-corrected chi connectivity index (χ3v) is 3.37. The molecular weight excluding hydrogens is 290 g/mol. The molecule has 1 aromatic carbocycles. The lowest BCUT2D eigenvalue weighted by atomic mass is 10.1. The summed E-state index contributed by atoms with van der Waals surface area (Å²) in [5, 5.41) is 8.79. The molecule has 0 spiro atoms. The first-order valence-electron chi connectivity index (χ1n) is 6.47. The number of halogens is 1. The van der Waals surface area contributed by atoms with Gasteiger partial charge in [0.1, 0.15) is 16.4 Å². The van der Waals surface area contributed by atoms with Crippen LogP contribution in [0.25, 0.3) is 22.2 Å². The monoisotopic (exact) mass is 301 g/mol. The van der Waals surface area contributed by atoms with E-state index >= 15 is 0 Å². The number of fused-ring (bicyclic) bond motifs is 1. The molecule has 0 radical (unpaired) electrons. The molecule has 6 heteroatoms. The van der Waals surface area contributed by atoms with Gasteiger partial charge in [-0.1, -0.05) is 35.9 Å². The molecule has 2 aromatic heterocycles. The van der Waals surface area contributed by atoms with Crippen LogP contribution in [0.15, 0.2) is 36.5 Å². The van der Waals surface area contributed by atoms with Crippen LogP contribution in [0.2, 0.25) is 5.15 Å². The summed E-state index contributed by atoms with van der Waals surface area (Å²) in [6, 6.07) is 9.65. The topological polar surface area (TPSA) is 67.9 Å². The molecule has 0 aliphatic rings. The molecule has 0 saturated heterocycles. The van der Waals surface area contributed by atoms with Gasteiger partial charge < -0.3 is 4.74 Å². The molecule has 0 unspecified atom stereocenters. The SMILES string of the molecule is CCOC(=O)c1c(-c2nccc3ccccc23)n[nH]c1Cl. The molecule has 0 saturated carbocycles. The minimum atomic E-state index is -0.513. The predicted molar refractivity (Wildman–Crippen MR) is 80.3 cm³/mol. The van der Waals surface area contributed by atoms with E-state index in [2.05, 4.69) is 15.2 Å². The lowest BCUT2D eigenvalue weighted by Gasteiger charge is -2.05. The third kappa shape index (κ3) is 2.36. The average Bonchev–Trinajstić information content (AvgIpc) is 2.88. The molecule has 21 heavy (non-hydrogen) atoms. The van der Waals surface area contributed by atoms with E-state index in [1.54, 1.807) is 13.1 Å². The number of nitrogens with zero attached hydrogens (tertiary/aromatic N) is 2. The van der Waals surface area contributed by atoms with Crippen LogP contribution in [-0.4, -0.2) is 27.8 Å². The highest BCUT2D eigenvalue weighted by Crippen LogP contribution is 2.30. The summed E-state index contributed by atoms with van der Waals surface area (Å²) >= 11 is 6.03. The fourth-order valence-corrected chi connectivity index (χ4v) is 2.40. The Bertz CT molecular complexity index is 808. The van der Waals surface area contributed by atoms with Crippen LogP contribution in [0.3, 0.4) is 0 Å². The summed E-state index contributed by atoms with van der Waals surface area (Å²) in [7, 11) is 0. The first-order valence-corrected chi connectivity index (χ1v) is 6.85. The Hall–Kier alpha value is -2.40. The number of ether oxygens (including phenoxy) is 1. The number of rotatable bonds is 3. The summed E-state index contributed by atoms with van der Waals surface area (Å²) in [4.78, 5) is 16.4. The highest BCUT2D eigenvalue weighted by molar-refractivity contribution is 6.33. The molecule has 0 bridgehead atoms. The second kappa shape index (κ2) is 5.54. The molecule has 2 heterocycles. The number of nitrogens with one attached hydrogen (secondary N) is 1. The van der Waals surface area contributed by atoms with Gasteiger partial charge in [-0.2, -0.15) is 5.10 Å². The fraction of sp³-hybridized carbons (Fsp3) is 0.133. The van der Waals surface area contributed by atoms with E-state index in [1.807, 2.05) is 30.3 Å². The number of carbonyl (C=O) groups excluding carboxylic acids is 1. The van der Waals surface area contributed by atoms with Crippen LogP contribution in [-0.2, 0) is 4.74 Å². The second-order valence-electron chi connectivity index (χ2n) is 4.36. The van der Waals surface area contributed by atoms with Gasteiger partial charge in [0.2, 0.25) is 0 Å². The summed E-state index contributed by atoms with van der Waals surface area (Å²) in [5.74, 6) is -0.513. The number of aromatic amines is 1. The van der Waals surface area contributed by atoms with Crippen LogP contribution in [0, 0.1) is 0 Å². The normalized spacial score (nSPS) is 10.8. The van der Waals surface area contributed by atoms with Crippen LogP contribution in [0.4, 0.5) is 0 Å². The van der Waals surface area contributed by atoms with Crippen molar-refractivity contribution in [3.63, 3.8) is 0 Å². The van der Waals surface area contributed by atoms with Gasteiger partial charge in [-0.25, -0.2) is 4.79 Å². The smallest absolute Gasteiger partial charge is 0.343 e. The van der Waals surface area contributed by atoms with E-state index in [4.69, 9.17) is 16.3 Å². The van der Waals surface area contributed by atoms with Crippen LogP contribution < -0.4 is 0 Å². The van der Waals surface area contributed by atoms with Crippen molar-refractivity contribution in [3.05, 3.63) is 47.2 Å². The largest absolute Gasteiger partial charge is 0.462 e. The van der Waals surface area contributed by atoms with E-state index in [0.717, 1.165) is 10.8 Å². The van der Waals surface area contributed by atoms with Crippen molar-refractivity contribution >= 4 is 28.3 Å². The maximum Gasteiger partial charge on any atom is 0.343 e. The van der Waals surface area contributed by atoms with Crippen LogP contribution >= 0.6 is 11.6 Å². The summed E-state index contributed by atoms with van der Waals surface area (Å²) in [5.41, 5.74) is 1.21. The number of pyridine rings is 1. The highest BCUT2D eigenvalue weighted by Gasteiger charge is 2.23. The zero-order chi connectivity index (χ0) is 14.8. The van der Waals surface area contributed by atoms with Gasteiger partial charge in [0.15, 0.2) is 0 Å². The number of aromatic nitrogens is 3. The number of H-pyrrole nitrogens is 1. The molecule has 3 aromatic rings. The molecule has 0 aliphatic heterocycles. The third-order valence-electron chi connectivity index (χ3n) is 3.10. The van der Waals surface area contributed by atoms with Crippen molar-refractivity contribution in [1.82, 2.24) is 15.2 Å². The van der Waals surface area contributed by atoms with Crippen molar-refractivity contribution in [2.75, 3.05) is 6.61 Å². The minimum Gasteiger partial charge on any atom is -0.462 e. The predicted octanol–water partition coefficient (Wildman–Crippen LogP) is 3.46. The fourth-order valence-electron chi connectivity index (χ4n) is 2.19. The molecule has 5 nitrogen and oxygen atoms in total. The van der Waals surface area contributed by atoms with Crippen molar-refractivity contribution in [1.29, 1.82) is 0 Å². The second-order valence-corrected chi connectivity index (χ2v) is 4.74. The molecule has 0 fully saturated rings. The molecular formula is C15H12ClN3O2. The van der Waals surface area contributed by atoms with Crippen molar-refractivity contribution in [2.24, 2.45) is 0 Å². The Morgan fingerprint density at radius 1 is 1.29 bits per heavy atom. The van der Waals surface area contributed by atoms with Gasteiger partial charge in [0, 0.05) is 11.6 Å². The van der Waals surface area contributed by atoms with Gasteiger partial charge in [0.25, 0.3) is 0 Å². The molecule has 106 valence electrons. The van der Waals surface area contributed by atoms with Crippen LogP contribution in [0.1, 0.15) is 17.3 Å². The number of benzene rings is 1. The van der Waals surface area contributed by atoms with Crippen LogP contribution in [0.5, 0.6) is 0 Å². The summed E-state index contributed by atoms with van der Waals surface area (Å²) < 4.78 is 5.03. The molecule has 3 rings (SSSR count). The number of hydrogen-bond acceptors (Lipinski definition) is 4. The zero-order valence-electron chi connectivity index (χ0n) is 11.3. The molecule has 0 atom stereocenters. The number of hydrogen-bond donors (Lipinski definition) is 1. The van der Waals surface area contributed by atoms with Crippen molar-refractivity contribution < 1.29 is 9.53 Å². The summed E-state index contributed by atoms with van der Waals surface area (Å²) in [6.45, 7) is 2.00. The molecule has 1 N–H and O–H groups in total. The first kappa shape index (κ1) is 13.6. The van der Waals surface area contributed by atoms with Gasteiger partial charge in [-0.15, -0.1) is 0 Å². The maximum atomic E-state index is 12.1. The minimum absolute atomic E-state index is 0.151. The Morgan fingerprint density at radius 3 is 2.90 bits per heavy atom. The molecule has 0 amide bonds. The Balaban J connectivity index is 2.22.